The van der Waals surface area contributed by atoms with Gasteiger partial charge < -0.3 is 11.1 Å². The van der Waals surface area contributed by atoms with Crippen LogP contribution in [0.3, 0.4) is 0 Å². The third-order valence-corrected chi connectivity index (χ3v) is 3.34. The number of nitriles is 1. The maximum absolute atomic E-state index is 12.2. The highest BCUT2D eigenvalue weighted by molar-refractivity contribution is 9.10. The second kappa shape index (κ2) is 5.76. The fourth-order valence-electron chi connectivity index (χ4n) is 1.85. The summed E-state index contributed by atoms with van der Waals surface area (Å²) in [7, 11) is 0. The van der Waals surface area contributed by atoms with Gasteiger partial charge >= 0.3 is 0 Å². The molecule has 1 amide bonds. The van der Waals surface area contributed by atoms with Gasteiger partial charge in [-0.15, -0.1) is 0 Å². The number of nitrogens with zero attached hydrogens (tertiary/aromatic N) is 1. The average molecular weight is 330 g/mol. The standard InChI is InChI=1S/C15H12BrN3O/c1-9-6-12(18)4-5-13(9)15(20)19-14-7-11(16)3-2-10(14)8-17/h2-7H,18H2,1H3,(H,19,20). The monoisotopic (exact) mass is 329 g/mol. The molecule has 100 valence electrons. The molecule has 0 heterocycles. The van der Waals surface area contributed by atoms with Gasteiger partial charge in [-0.1, -0.05) is 15.9 Å². The predicted molar refractivity (Wildman–Crippen MR) is 82.4 cm³/mol. The Bertz CT molecular complexity index is 720. The van der Waals surface area contributed by atoms with Crippen LogP contribution in [0.5, 0.6) is 0 Å². The molecule has 2 aromatic carbocycles. The number of carbonyl (C=O) groups excluding carboxylic acids is 1. The molecule has 0 saturated carbocycles. The number of anilines is 2. The smallest absolute Gasteiger partial charge is 0.255 e. The number of rotatable bonds is 2. The lowest BCUT2D eigenvalue weighted by Crippen LogP contribution is -2.14. The molecule has 0 unspecified atom stereocenters. The number of halogens is 1. The zero-order chi connectivity index (χ0) is 14.7. The number of aryl methyl sites for hydroxylation is 1. The SMILES string of the molecule is Cc1cc(N)ccc1C(=O)Nc1cc(Br)ccc1C#N. The zero-order valence-corrected chi connectivity index (χ0v) is 12.4. The van der Waals surface area contributed by atoms with Crippen molar-refractivity contribution >= 4 is 33.2 Å². The second-order valence-corrected chi connectivity index (χ2v) is 5.25. The molecule has 3 N–H and O–H groups in total. The van der Waals surface area contributed by atoms with Crippen LogP contribution in [0.25, 0.3) is 0 Å². The van der Waals surface area contributed by atoms with Crippen LogP contribution in [0.1, 0.15) is 21.5 Å². The Morgan fingerprint density at radius 2 is 2.05 bits per heavy atom. The summed E-state index contributed by atoms with van der Waals surface area (Å²) in [4.78, 5) is 12.2. The summed E-state index contributed by atoms with van der Waals surface area (Å²) in [5.74, 6) is -0.267. The molecule has 2 rings (SSSR count). The molecule has 2 aromatic rings. The topological polar surface area (TPSA) is 78.9 Å². The van der Waals surface area contributed by atoms with E-state index in [-0.39, 0.29) is 5.91 Å². The van der Waals surface area contributed by atoms with Gasteiger partial charge in [-0.3, -0.25) is 4.79 Å². The van der Waals surface area contributed by atoms with Crippen molar-refractivity contribution in [3.63, 3.8) is 0 Å². The first-order valence-corrected chi connectivity index (χ1v) is 6.67. The predicted octanol–water partition coefficient (Wildman–Crippen LogP) is 3.46. The Morgan fingerprint density at radius 3 is 2.70 bits per heavy atom. The van der Waals surface area contributed by atoms with Crippen LogP contribution < -0.4 is 11.1 Å². The lowest BCUT2D eigenvalue weighted by atomic mass is 10.1. The minimum atomic E-state index is -0.267. The Balaban J connectivity index is 2.33. The average Bonchev–Trinajstić information content (AvgIpc) is 2.38. The molecule has 0 aliphatic rings. The number of nitrogens with two attached hydrogens (primary N) is 1. The molecule has 0 aliphatic heterocycles. The number of benzene rings is 2. The number of carbonyl (C=O) groups is 1. The summed E-state index contributed by atoms with van der Waals surface area (Å²) in [6.07, 6.45) is 0. The summed E-state index contributed by atoms with van der Waals surface area (Å²) in [5.41, 5.74) is 8.48. The van der Waals surface area contributed by atoms with E-state index in [9.17, 15) is 4.79 Å². The van der Waals surface area contributed by atoms with Gasteiger partial charge in [0.2, 0.25) is 0 Å². The van der Waals surface area contributed by atoms with Crippen LogP contribution in [0.2, 0.25) is 0 Å². The van der Waals surface area contributed by atoms with Crippen molar-refractivity contribution in [2.24, 2.45) is 0 Å². The van der Waals surface area contributed by atoms with Gasteiger partial charge in [0, 0.05) is 15.7 Å². The summed E-state index contributed by atoms with van der Waals surface area (Å²) in [6.45, 7) is 1.82. The van der Waals surface area contributed by atoms with Gasteiger partial charge in [0.25, 0.3) is 5.91 Å². The second-order valence-electron chi connectivity index (χ2n) is 4.33. The van der Waals surface area contributed by atoms with Gasteiger partial charge in [-0.2, -0.15) is 5.26 Å². The van der Waals surface area contributed by atoms with Crippen molar-refractivity contribution in [1.82, 2.24) is 0 Å². The molecule has 0 fully saturated rings. The lowest BCUT2D eigenvalue weighted by Gasteiger charge is -2.10. The van der Waals surface area contributed by atoms with Gasteiger partial charge in [0.15, 0.2) is 0 Å². The molecule has 0 aromatic heterocycles. The first kappa shape index (κ1) is 14.1. The molecular formula is C15H12BrN3O. The van der Waals surface area contributed by atoms with Crippen molar-refractivity contribution < 1.29 is 4.79 Å². The van der Waals surface area contributed by atoms with E-state index in [1.54, 1.807) is 36.4 Å². The van der Waals surface area contributed by atoms with E-state index in [1.807, 2.05) is 13.0 Å². The molecular weight excluding hydrogens is 318 g/mol. The molecule has 0 atom stereocenters. The molecule has 0 radical (unpaired) electrons. The highest BCUT2D eigenvalue weighted by atomic mass is 79.9. The quantitative estimate of drug-likeness (QED) is 0.828. The highest BCUT2D eigenvalue weighted by Crippen LogP contribution is 2.22. The van der Waals surface area contributed by atoms with Gasteiger partial charge in [0.05, 0.1) is 11.3 Å². The highest BCUT2D eigenvalue weighted by Gasteiger charge is 2.12. The third kappa shape index (κ3) is 2.98. The number of nitrogens with one attached hydrogen (secondary N) is 1. The normalized spacial score (nSPS) is 9.85. The minimum Gasteiger partial charge on any atom is -0.399 e. The van der Waals surface area contributed by atoms with Crippen molar-refractivity contribution in [1.29, 1.82) is 5.26 Å². The van der Waals surface area contributed by atoms with E-state index in [0.717, 1.165) is 10.0 Å². The van der Waals surface area contributed by atoms with E-state index in [1.165, 1.54) is 0 Å². The maximum atomic E-state index is 12.2. The Labute approximate surface area is 125 Å². The zero-order valence-electron chi connectivity index (χ0n) is 10.8. The van der Waals surface area contributed by atoms with Crippen LogP contribution in [0, 0.1) is 18.3 Å². The van der Waals surface area contributed by atoms with Crippen molar-refractivity contribution in [2.75, 3.05) is 11.1 Å². The van der Waals surface area contributed by atoms with Crippen LogP contribution in [0.15, 0.2) is 40.9 Å². The van der Waals surface area contributed by atoms with E-state index in [4.69, 9.17) is 11.0 Å². The van der Waals surface area contributed by atoms with Crippen molar-refractivity contribution in [3.8, 4) is 6.07 Å². The van der Waals surface area contributed by atoms with E-state index in [0.29, 0.717) is 22.5 Å². The first-order valence-electron chi connectivity index (χ1n) is 5.88. The number of hydrogen-bond donors (Lipinski definition) is 2. The summed E-state index contributed by atoms with van der Waals surface area (Å²) < 4.78 is 0.792. The van der Waals surface area contributed by atoms with Crippen molar-refractivity contribution in [2.45, 2.75) is 6.92 Å². The molecule has 20 heavy (non-hydrogen) atoms. The Hall–Kier alpha value is -2.32. The van der Waals surface area contributed by atoms with Gasteiger partial charge in [-0.25, -0.2) is 0 Å². The molecule has 4 nitrogen and oxygen atoms in total. The molecule has 0 saturated heterocycles. The van der Waals surface area contributed by atoms with Crippen LogP contribution >= 0.6 is 15.9 Å². The third-order valence-electron chi connectivity index (χ3n) is 2.85. The Kier molecular flexibility index (Phi) is 4.06. The van der Waals surface area contributed by atoms with E-state index < -0.39 is 0 Å². The Morgan fingerprint density at radius 1 is 1.30 bits per heavy atom. The summed E-state index contributed by atoms with van der Waals surface area (Å²) in [5, 5.41) is 11.8. The van der Waals surface area contributed by atoms with E-state index in [2.05, 4.69) is 21.2 Å². The molecule has 5 heteroatoms. The lowest BCUT2D eigenvalue weighted by molar-refractivity contribution is 0.102. The molecule has 0 spiro atoms. The fraction of sp³-hybridized carbons (Fsp3) is 0.0667. The summed E-state index contributed by atoms with van der Waals surface area (Å²) >= 11 is 3.32. The number of amides is 1. The summed E-state index contributed by atoms with van der Waals surface area (Å²) in [6, 6.07) is 12.2. The van der Waals surface area contributed by atoms with Gasteiger partial charge in [0.1, 0.15) is 6.07 Å². The fourth-order valence-corrected chi connectivity index (χ4v) is 2.21. The minimum absolute atomic E-state index is 0.267. The van der Waals surface area contributed by atoms with Crippen molar-refractivity contribution in [3.05, 3.63) is 57.6 Å². The van der Waals surface area contributed by atoms with E-state index >= 15 is 0 Å². The van der Waals surface area contributed by atoms with Crippen LogP contribution in [-0.2, 0) is 0 Å². The number of hydrogen-bond acceptors (Lipinski definition) is 3. The van der Waals surface area contributed by atoms with Gasteiger partial charge in [-0.05, 0) is 48.9 Å². The molecule has 0 bridgehead atoms. The first-order chi connectivity index (χ1) is 9.51. The largest absolute Gasteiger partial charge is 0.399 e. The molecule has 0 aliphatic carbocycles. The van der Waals surface area contributed by atoms with Crippen LogP contribution in [-0.4, -0.2) is 5.91 Å². The maximum Gasteiger partial charge on any atom is 0.255 e. The number of nitrogen functional groups attached to an aromatic ring is 1. The van der Waals surface area contributed by atoms with Crippen LogP contribution in [0.4, 0.5) is 11.4 Å².